The largest absolute Gasteiger partial charge is 0.467 e. The van der Waals surface area contributed by atoms with Gasteiger partial charge in [-0.15, -0.1) is 11.3 Å². The van der Waals surface area contributed by atoms with E-state index in [9.17, 15) is 4.79 Å². The maximum atomic E-state index is 12.6. The first kappa shape index (κ1) is 13.9. The lowest BCUT2D eigenvalue weighted by atomic mass is 10.2. The highest BCUT2D eigenvalue weighted by Crippen LogP contribution is 2.30. The maximum absolute atomic E-state index is 12.6. The van der Waals surface area contributed by atoms with E-state index in [1.807, 2.05) is 43.8 Å². The highest BCUT2D eigenvalue weighted by Gasteiger charge is 2.23. The summed E-state index contributed by atoms with van der Waals surface area (Å²) < 4.78 is 7.20. The van der Waals surface area contributed by atoms with Crippen molar-refractivity contribution in [2.75, 3.05) is 7.05 Å². The van der Waals surface area contributed by atoms with Gasteiger partial charge in [-0.2, -0.15) is 5.10 Å². The second-order valence-corrected chi connectivity index (χ2v) is 6.18. The third kappa shape index (κ3) is 2.25. The van der Waals surface area contributed by atoms with Gasteiger partial charge in [0.15, 0.2) is 0 Å². The molecule has 110 valence electrons. The molecule has 1 atom stereocenters. The molecule has 0 fully saturated rings. The highest BCUT2D eigenvalue weighted by atomic mass is 32.1. The second-order valence-electron chi connectivity index (χ2n) is 5.15. The average Bonchev–Trinajstić information content (AvgIpc) is 3.16. The summed E-state index contributed by atoms with van der Waals surface area (Å²) in [6.45, 7) is 3.91. The standard InChI is InChI=1S/C15H17N3O2S/c1-9-11-8-13(21-15(11)18(4)16-9)14(19)17(3)10(2)12-6-5-7-20-12/h5-8,10H,1-4H3. The SMILES string of the molecule is Cc1nn(C)c2sc(C(=O)N(C)C(C)c3ccco3)cc12. The van der Waals surface area contributed by atoms with E-state index < -0.39 is 0 Å². The Morgan fingerprint density at radius 2 is 2.29 bits per heavy atom. The van der Waals surface area contributed by atoms with Crippen LogP contribution in [0.5, 0.6) is 0 Å². The molecule has 5 nitrogen and oxygen atoms in total. The molecule has 0 radical (unpaired) electrons. The lowest BCUT2D eigenvalue weighted by Gasteiger charge is -2.22. The number of hydrogen-bond acceptors (Lipinski definition) is 4. The molecule has 1 unspecified atom stereocenters. The lowest BCUT2D eigenvalue weighted by Crippen LogP contribution is -2.28. The number of rotatable bonds is 3. The fraction of sp³-hybridized carbons (Fsp3) is 0.333. The first-order valence-corrected chi connectivity index (χ1v) is 7.54. The van der Waals surface area contributed by atoms with Crippen LogP contribution in [0.3, 0.4) is 0 Å². The third-order valence-corrected chi connectivity index (χ3v) is 4.95. The number of thiophene rings is 1. The fourth-order valence-corrected chi connectivity index (χ4v) is 3.49. The molecule has 3 rings (SSSR count). The van der Waals surface area contributed by atoms with Crippen molar-refractivity contribution in [3.05, 3.63) is 40.8 Å². The maximum Gasteiger partial charge on any atom is 0.264 e. The normalized spacial score (nSPS) is 12.8. The van der Waals surface area contributed by atoms with E-state index in [4.69, 9.17) is 4.42 Å². The topological polar surface area (TPSA) is 51.3 Å². The molecule has 3 heterocycles. The van der Waals surface area contributed by atoms with Gasteiger partial charge in [0.1, 0.15) is 10.6 Å². The number of carbonyl (C=O) groups is 1. The van der Waals surface area contributed by atoms with Gasteiger partial charge in [-0.05, 0) is 32.0 Å². The summed E-state index contributed by atoms with van der Waals surface area (Å²) in [6, 6.07) is 5.54. The van der Waals surface area contributed by atoms with Crippen LogP contribution >= 0.6 is 11.3 Å². The zero-order valence-electron chi connectivity index (χ0n) is 12.5. The minimum absolute atomic E-state index is 0.000463. The molecule has 3 aromatic rings. The number of aryl methyl sites for hydroxylation is 2. The van der Waals surface area contributed by atoms with Gasteiger partial charge >= 0.3 is 0 Å². The van der Waals surface area contributed by atoms with Gasteiger partial charge in [0, 0.05) is 19.5 Å². The molecule has 0 saturated carbocycles. The molecule has 0 aromatic carbocycles. The Morgan fingerprint density at radius 1 is 1.52 bits per heavy atom. The Kier molecular flexibility index (Phi) is 3.33. The van der Waals surface area contributed by atoms with Crippen LogP contribution in [-0.4, -0.2) is 27.6 Å². The van der Waals surface area contributed by atoms with E-state index in [0.717, 1.165) is 26.5 Å². The van der Waals surface area contributed by atoms with Crippen molar-refractivity contribution in [2.45, 2.75) is 19.9 Å². The van der Waals surface area contributed by atoms with Gasteiger partial charge in [-0.1, -0.05) is 0 Å². The van der Waals surface area contributed by atoms with E-state index in [1.54, 1.807) is 18.2 Å². The molecule has 0 saturated heterocycles. The summed E-state index contributed by atoms with van der Waals surface area (Å²) in [5.41, 5.74) is 0.949. The summed E-state index contributed by atoms with van der Waals surface area (Å²) >= 11 is 1.47. The minimum Gasteiger partial charge on any atom is -0.467 e. The lowest BCUT2D eigenvalue weighted by molar-refractivity contribution is 0.0731. The molecule has 3 aromatic heterocycles. The van der Waals surface area contributed by atoms with Crippen molar-refractivity contribution in [3.63, 3.8) is 0 Å². The molecule has 1 amide bonds. The molecular formula is C15H17N3O2S. The molecular weight excluding hydrogens is 286 g/mol. The molecule has 21 heavy (non-hydrogen) atoms. The van der Waals surface area contributed by atoms with E-state index in [1.165, 1.54) is 11.3 Å². The fourth-order valence-electron chi connectivity index (χ4n) is 2.38. The Bertz CT molecular complexity index is 751. The Balaban J connectivity index is 1.91. The third-order valence-electron chi connectivity index (χ3n) is 3.76. The smallest absolute Gasteiger partial charge is 0.264 e. The van der Waals surface area contributed by atoms with Crippen molar-refractivity contribution in [1.29, 1.82) is 0 Å². The van der Waals surface area contributed by atoms with Crippen LogP contribution in [0.2, 0.25) is 0 Å². The molecule has 0 spiro atoms. The Morgan fingerprint density at radius 3 is 2.90 bits per heavy atom. The van der Waals surface area contributed by atoms with Gasteiger partial charge in [-0.25, -0.2) is 0 Å². The molecule has 0 bridgehead atoms. The van der Waals surface area contributed by atoms with E-state index >= 15 is 0 Å². The van der Waals surface area contributed by atoms with Crippen molar-refractivity contribution in [3.8, 4) is 0 Å². The molecule has 0 aliphatic heterocycles. The number of hydrogen-bond donors (Lipinski definition) is 0. The second kappa shape index (κ2) is 5.04. The van der Waals surface area contributed by atoms with Crippen molar-refractivity contribution in [2.24, 2.45) is 7.05 Å². The van der Waals surface area contributed by atoms with Crippen LogP contribution < -0.4 is 0 Å². The predicted molar refractivity (Wildman–Crippen MR) is 82.5 cm³/mol. The number of furan rings is 1. The summed E-state index contributed by atoms with van der Waals surface area (Å²) in [7, 11) is 3.69. The van der Waals surface area contributed by atoms with Crippen molar-refractivity contribution < 1.29 is 9.21 Å². The van der Waals surface area contributed by atoms with Gasteiger partial charge < -0.3 is 9.32 Å². The van der Waals surface area contributed by atoms with E-state index in [-0.39, 0.29) is 11.9 Å². The number of amides is 1. The van der Waals surface area contributed by atoms with Crippen molar-refractivity contribution >= 4 is 27.5 Å². The van der Waals surface area contributed by atoms with E-state index in [0.29, 0.717) is 0 Å². The van der Waals surface area contributed by atoms with Crippen LogP contribution in [0.4, 0.5) is 0 Å². The van der Waals surface area contributed by atoms with Gasteiger partial charge in [-0.3, -0.25) is 9.48 Å². The molecule has 0 aliphatic rings. The average molecular weight is 303 g/mol. The van der Waals surface area contributed by atoms with E-state index in [2.05, 4.69) is 5.10 Å². The number of nitrogens with zero attached hydrogens (tertiary/aromatic N) is 3. The summed E-state index contributed by atoms with van der Waals surface area (Å²) in [4.78, 5) is 16.1. The Hall–Kier alpha value is -2.08. The van der Waals surface area contributed by atoms with Crippen LogP contribution in [-0.2, 0) is 7.05 Å². The number of carbonyl (C=O) groups excluding carboxylic acids is 1. The summed E-state index contributed by atoms with van der Waals surface area (Å²) in [6.07, 6.45) is 1.62. The zero-order valence-corrected chi connectivity index (χ0v) is 13.3. The highest BCUT2D eigenvalue weighted by molar-refractivity contribution is 7.20. The van der Waals surface area contributed by atoms with Crippen LogP contribution in [0.15, 0.2) is 28.9 Å². The van der Waals surface area contributed by atoms with Crippen LogP contribution in [0.25, 0.3) is 10.2 Å². The molecule has 0 aliphatic carbocycles. The van der Waals surface area contributed by atoms with Crippen LogP contribution in [0, 0.1) is 6.92 Å². The van der Waals surface area contributed by atoms with Gasteiger partial charge in [0.2, 0.25) is 0 Å². The number of fused-ring (bicyclic) bond motifs is 1. The predicted octanol–water partition coefficient (Wildman–Crippen LogP) is 3.37. The van der Waals surface area contributed by atoms with Gasteiger partial charge in [0.05, 0.1) is 22.9 Å². The minimum atomic E-state index is -0.100. The summed E-state index contributed by atoms with van der Waals surface area (Å²) in [5.74, 6) is 0.782. The molecule has 0 N–H and O–H groups in total. The number of aromatic nitrogens is 2. The first-order chi connectivity index (χ1) is 9.99. The Labute approximate surface area is 126 Å². The van der Waals surface area contributed by atoms with Crippen LogP contribution in [0.1, 0.15) is 34.1 Å². The zero-order chi connectivity index (χ0) is 15.1. The summed E-state index contributed by atoms with van der Waals surface area (Å²) in [5, 5.41) is 5.40. The van der Waals surface area contributed by atoms with Gasteiger partial charge in [0.25, 0.3) is 5.91 Å². The van der Waals surface area contributed by atoms with Crippen molar-refractivity contribution in [1.82, 2.24) is 14.7 Å². The molecule has 6 heteroatoms. The monoisotopic (exact) mass is 303 g/mol. The first-order valence-electron chi connectivity index (χ1n) is 6.72. The quantitative estimate of drug-likeness (QED) is 0.745.